The molecule has 1 atom stereocenters. The Bertz CT molecular complexity index is 578. The second-order valence-corrected chi connectivity index (χ2v) is 4.91. The fourth-order valence-electron chi connectivity index (χ4n) is 2.13. The van der Waals surface area contributed by atoms with Gasteiger partial charge in [-0.2, -0.15) is 0 Å². The molecule has 2 rings (SSSR count). The molecule has 0 fully saturated rings. The van der Waals surface area contributed by atoms with Gasteiger partial charge in [0.25, 0.3) is 0 Å². The average molecular weight is 285 g/mol. The van der Waals surface area contributed by atoms with Gasteiger partial charge in [0.15, 0.2) is 0 Å². The van der Waals surface area contributed by atoms with Crippen molar-refractivity contribution in [2.45, 2.75) is 26.3 Å². The SMILES string of the molecule is CCOC(=NC(C)Cc1ccccc1)c1ccc(F)cc1. The third kappa shape index (κ3) is 4.71. The number of aliphatic imine (C=N–C) groups is 1. The summed E-state index contributed by atoms with van der Waals surface area (Å²) in [7, 11) is 0. The minimum Gasteiger partial charge on any atom is -0.478 e. The maximum Gasteiger partial charge on any atom is 0.216 e. The predicted octanol–water partition coefficient (Wildman–Crippen LogP) is 4.24. The Morgan fingerprint density at radius 1 is 1.10 bits per heavy atom. The lowest BCUT2D eigenvalue weighted by Crippen LogP contribution is -2.13. The molecule has 0 aliphatic carbocycles. The van der Waals surface area contributed by atoms with Crippen LogP contribution in [0.5, 0.6) is 0 Å². The molecule has 0 bridgehead atoms. The van der Waals surface area contributed by atoms with Crippen LogP contribution in [0, 0.1) is 5.82 Å². The molecular weight excluding hydrogens is 265 g/mol. The van der Waals surface area contributed by atoms with Gasteiger partial charge in [-0.1, -0.05) is 30.3 Å². The van der Waals surface area contributed by atoms with Crippen LogP contribution in [-0.2, 0) is 11.2 Å². The first-order valence-corrected chi connectivity index (χ1v) is 7.19. The molecule has 0 spiro atoms. The number of rotatable bonds is 5. The van der Waals surface area contributed by atoms with E-state index in [1.165, 1.54) is 17.7 Å². The molecule has 0 saturated carbocycles. The molecular formula is C18H20FNO. The summed E-state index contributed by atoms with van der Waals surface area (Å²) in [5.74, 6) is 0.313. The maximum atomic E-state index is 13.0. The second-order valence-electron chi connectivity index (χ2n) is 4.91. The van der Waals surface area contributed by atoms with Gasteiger partial charge in [0.05, 0.1) is 12.6 Å². The zero-order chi connectivity index (χ0) is 15.1. The summed E-state index contributed by atoms with van der Waals surface area (Å²) in [6, 6.07) is 16.6. The van der Waals surface area contributed by atoms with Crippen molar-refractivity contribution in [2.24, 2.45) is 4.99 Å². The van der Waals surface area contributed by atoms with E-state index < -0.39 is 0 Å². The van der Waals surface area contributed by atoms with E-state index in [0.29, 0.717) is 12.5 Å². The monoisotopic (exact) mass is 285 g/mol. The predicted molar refractivity (Wildman–Crippen MR) is 84.2 cm³/mol. The fourth-order valence-corrected chi connectivity index (χ4v) is 2.13. The van der Waals surface area contributed by atoms with Gasteiger partial charge in [-0.05, 0) is 50.1 Å². The highest BCUT2D eigenvalue weighted by atomic mass is 19.1. The van der Waals surface area contributed by atoms with E-state index in [1.807, 2.05) is 25.1 Å². The third-order valence-corrected chi connectivity index (χ3v) is 3.08. The standard InChI is InChI=1S/C18H20FNO/c1-3-21-18(16-9-11-17(19)12-10-16)20-14(2)13-15-7-5-4-6-8-15/h4-12,14H,3,13H2,1-2H3. The van der Waals surface area contributed by atoms with Crippen molar-refractivity contribution in [2.75, 3.05) is 6.61 Å². The van der Waals surface area contributed by atoms with Crippen LogP contribution in [0.3, 0.4) is 0 Å². The Morgan fingerprint density at radius 3 is 2.38 bits per heavy atom. The van der Waals surface area contributed by atoms with Crippen molar-refractivity contribution >= 4 is 5.90 Å². The molecule has 0 saturated heterocycles. The number of halogens is 1. The van der Waals surface area contributed by atoms with Crippen LogP contribution in [0.4, 0.5) is 4.39 Å². The normalized spacial score (nSPS) is 13.0. The van der Waals surface area contributed by atoms with Crippen molar-refractivity contribution < 1.29 is 9.13 Å². The molecule has 0 aliphatic heterocycles. The van der Waals surface area contributed by atoms with E-state index in [-0.39, 0.29) is 11.9 Å². The molecule has 2 aromatic rings. The second kappa shape index (κ2) is 7.58. The van der Waals surface area contributed by atoms with E-state index in [9.17, 15) is 4.39 Å². The van der Waals surface area contributed by atoms with Crippen molar-refractivity contribution in [3.05, 3.63) is 71.5 Å². The number of hydrogen-bond acceptors (Lipinski definition) is 2. The molecule has 0 radical (unpaired) electrons. The highest BCUT2D eigenvalue weighted by Crippen LogP contribution is 2.10. The van der Waals surface area contributed by atoms with E-state index in [1.54, 1.807) is 12.1 Å². The molecule has 1 unspecified atom stereocenters. The summed E-state index contributed by atoms with van der Waals surface area (Å²) < 4.78 is 18.6. The van der Waals surface area contributed by atoms with Crippen molar-refractivity contribution in [1.29, 1.82) is 0 Å². The van der Waals surface area contributed by atoms with Crippen molar-refractivity contribution in [3.63, 3.8) is 0 Å². The summed E-state index contributed by atoms with van der Waals surface area (Å²) in [5.41, 5.74) is 2.04. The van der Waals surface area contributed by atoms with Crippen molar-refractivity contribution in [1.82, 2.24) is 0 Å². The summed E-state index contributed by atoms with van der Waals surface area (Å²) in [6.45, 7) is 4.50. The molecule has 0 aromatic heterocycles. The third-order valence-electron chi connectivity index (χ3n) is 3.08. The molecule has 0 amide bonds. The van der Waals surface area contributed by atoms with E-state index in [2.05, 4.69) is 24.0 Å². The van der Waals surface area contributed by atoms with Gasteiger partial charge in [-0.15, -0.1) is 0 Å². The molecule has 0 heterocycles. The lowest BCUT2D eigenvalue weighted by molar-refractivity contribution is 0.325. The summed E-state index contributed by atoms with van der Waals surface area (Å²) >= 11 is 0. The van der Waals surface area contributed by atoms with Crippen LogP contribution in [0.2, 0.25) is 0 Å². The zero-order valence-electron chi connectivity index (χ0n) is 12.4. The van der Waals surface area contributed by atoms with Crippen LogP contribution in [0.15, 0.2) is 59.6 Å². The highest BCUT2D eigenvalue weighted by molar-refractivity contribution is 5.94. The highest BCUT2D eigenvalue weighted by Gasteiger charge is 2.08. The average Bonchev–Trinajstić information content (AvgIpc) is 2.48. The Labute approximate surface area is 125 Å². The van der Waals surface area contributed by atoms with E-state index in [4.69, 9.17) is 4.74 Å². The zero-order valence-corrected chi connectivity index (χ0v) is 12.4. The van der Waals surface area contributed by atoms with Gasteiger partial charge < -0.3 is 4.74 Å². The Hall–Kier alpha value is -2.16. The minimum absolute atomic E-state index is 0.0963. The van der Waals surface area contributed by atoms with Crippen LogP contribution in [0.25, 0.3) is 0 Å². The Kier molecular flexibility index (Phi) is 5.50. The van der Waals surface area contributed by atoms with Gasteiger partial charge in [0, 0.05) is 5.56 Å². The number of nitrogens with zero attached hydrogens (tertiary/aromatic N) is 1. The van der Waals surface area contributed by atoms with Crippen LogP contribution < -0.4 is 0 Å². The molecule has 0 aliphatic rings. The van der Waals surface area contributed by atoms with Crippen molar-refractivity contribution in [3.8, 4) is 0 Å². The van der Waals surface area contributed by atoms with Crippen LogP contribution >= 0.6 is 0 Å². The molecule has 21 heavy (non-hydrogen) atoms. The first-order chi connectivity index (χ1) is 10.2. The molecule has 2 nitrogen and oxygen atoms in total. The summed E-state index contributed by atoms with van der Waals surface area (Å²) in [5, 5.41) is 0. The summed E-state index contributed by atoms with van der Waals surface area (Å²) in [6.07, 6.45) is 0.846. The Morgan fingerprint density at radius 2 is 1.76 bits per heavy atom. The first kappa shape index (κ1) is 15.2. The molecule has 2 aromatic carbocycles. The largest absolute Gasteiger partial charge is 0.478 e. The van der Waals surface area contributed by atoms with Crippen LogP contribution in [-0.4, -0.2) is 18.5 Å². The summed E-state index contributed by atoms with van der Waals surface area (Å²) in [4.78, 5) is 4.63. The smallest absolute Gasteiger partial charge is 0.216 e. The minimum atomic E-state index is -0.257. The lowest BCUT2D eigenvalue weighted by atomic mass is 10.1. The maximum absolute atomic E-state index is 13.0. The molecule has 110 valence electrons. The number of hydrogen-bond donors (Lipinski definition) is 0. The lowest BCUT2D eigenvalue weighted by Gasteiger charge is -2.12. The van der Waals surface area contributed by atoms with Gasteiger partial charge >= 0.3 is 0 Å². The Balaban J connectivity index is 2.14. The number of ether oxygens (including phenoxy) is 1. The number of benzene rings is 2. The fraction of sp³-hybridized carbons (Fsp3) is 0.278. The van der Waals surface area contributed by atoms with Gasteiger partial charge in [-0.25, -0.2) is 9.38 Å². The topological polar surface area (TPSA) is 21.6 Å². The van der Waals surface area contributed by atoms with Crippen LogP contribution in [0.1, 0.15) is 25.0 Å². The first-order valence-electron chi connectivity index (χ1n) is 7.19. The van der Waals surface area contributed by atoms with Gasteiger partial charge in [0.1, 0.15) is 5.82 Å². The van der Waals surface area contributed by atoms with E-state index >= 15 is 0 Å². The molecule has 3 heteroatoms. The molecule has 0 N–H and O–H groups in total. The van der Waals surface area contributed by atoms with Gasteiger partial charge in [0.2, 0.25) is 5.90 Å². The quantitative estimate of drug-likeness (QED) is 0.595. The van der Waals surface area contributed by atoms with Gasteiger partial charge in [-0.3, -0.25) is 0 Å². The van der Waals surface area contributed by atoms with E-state index in [0.717, 1.165) is 12.0 Å².